The van der Waals surface area contributed by atoms with E-state index in [9.17, 15) is 5.11 Å². The minimum Gasteiger partial charge on any atom is -0.389 e. The summed E-state index contributed by atoms with van der Waals surface area (Å²) in [5.41, 5.74) is 1.05. The van der Waals surface area contributed by atoms with E-state index in [1.54, 1.807) is 7.11 Å². The Morgan fingerprint density at radius 3 is 2.79 bits per heavy atom. The van der Waals surface area contributed by atoms with E-state index in [1.807, 2.05) is 6.92 Å². The molecule has 0 radical (unpaired) electrons. The van der Waals surface area contributed by atoms with E-state index in [1.165, 1.54) is 0 Å². The highest BCUT2D eigenvalue weighted by molar-refractivity contribution is 4.90. The lowest BCUT2D eigenvalue weighted by molar-refractivity contribution is 0.0141. The summed E-state index contributed by atoms with van der Waals surface area (Å²) in [4.78, 5) is 0. The topological polar surface area (TPSA) is 50.7 Å². The number of aliphatic hydroxyl groups excluding tert-OH is 1. The number of hydrogen-bond acceptors (Lipinski definition) is 4. The van der Waals surface area contributed by atoms with Crippen LogP contribution >= 0.6 is 0 Å². The van der Waals surface area contributed by atoms with Crippen LogP contribution in [0.2, 0.25) is 0 Å². The first-order valence-electron chi connectivity index (χ1n) is 4.76. The van der Waals surface area contributed by atoms with Crippen molar-refractivity contribution < 1.29 is 14.6 Å². The Hall–Kier alpha value is -0.420. The monoisotopic (exact) mass is 203 g/mol. The van der Waals surface area contributed by atoms with E-state index in [0.717, 1.165) is 12.1 Å². The Morgan fingerprint density at radius 1 is 1.50 bits per heavy atom. The number of hydrogen-bond donors (Lipinski definition) is 2. The highest BCUT2D eigenvalue weighted by atomic mass is 16.5. The smallest absolute Gasteiger partial charge is 0.0897 e. The molecule has 2 N–H and O–H groups in total. The van der Waals surface area contributed by atoms with Gasteiger partial charge in [-0.3, -0.25) is 0 Å². The molecular formula is C10H21NO3. The molecule has 0 aliphatic rings. The summed E-state index contributed by atoms with van der Waals surface area (Å²) in [5, 5.41) is 12.5. The van der Waals surface area contributed by atoms with Gasteiger partial charge in [-0.25, -0.2) is 0 Å². The normalized spacial score (nSPS) is 12.8. The highest BCUT2D eigenvalue weighted by Crippen LogP contribution is 1.86. The second-order valence-corrected chi connectivity index (χ2v) is 3.31. The Balaban J connectivity index is 3.19. The molecule has 4 heteroatoms. The molecule has 0 saturated carbocycles. The van der Waals surface area contributed by atoms with Gasteiger partial charge < -0.3 is 19.9 Å². The van der Waals surface area contributed by atoms with Crippen molar-refractivity contribution in [3.05, 3.63) is 12.2 Å². The number of methoxy groups -OCH3 is 1. The SMILES string of the molecule is C=C(C)CNCC(O)COCCOC. The summed E-state index contributed by atoms with van der Waals surface area (Å²) in [7, 11) is 1.62. The van der Waals surface area contributed by atoms with Crippen LogP contribution in [0, 0.1) is 0 Å². The number of rotatable bonds is 9. The zero-order chi connectivity index (χ0) is 10.8. The first-order chi connectivity index (χ1) is 6.66. The van der Waals surface area contributed by atoms with Crippen LogP contribution in [0.5, 0.6) is 0 Å². The van der Waals surface area contributed by atoms with Crippen molar-refractivity contribution >= 4 is 0 Å². The van der Waals surface area contributed by atoms with Crippen molar-refractivity contribution in [2.75, 3.05) is 40.0 Å². The van der Waals surface area contributed by atoms with Crippen molar-refractivity contribution in [1.82, 2.24) is 5.32 Å². The predicted octanol–water partition coefficient (Wildman–Crippen LogP) is 0.176. The molecule has 14 heavy (non-hydrogen) atoms. The van der Waals surface area contributed by atoms with Crippen molar-refractivity contribution in [3.8, 4) is 0 Å². The molecule has 0 aliphatic heterocycles. The minimum absolute atomic E-state index is 0.340. The fourth-order valence-electron chi connectivity index (χ4n) is 0.873. The van der Waals surface area contributed by atoms with Gasteiger partial charge in [0, 0.05) is 20.2 Å². The molecular weight excluding hydrogens is 182 g/mol. The lowest BCUT2D eigenvalue weighted by atomic mass is 10.3. The van der Waals surface area contributed by atoms with Gasteiger partial charge in [0.15, 0.2) is 0 Å². The Morgan fingerprint density at radius 2 is 2.21 bits per heavy atom. The summed E-state index contributed by atoms with van der Waals surface area (Å²) < 4.78 is 9.96. The third-order valence-electron chi connectivity index (χ3n) is 1.55. The second kappa shape index (κ2) is 9.15. The van der Waals surface area contributed by atoms with E-state index in [4.69, 9.17) is 9.47 Å². The highest BCUT2D eigenvalue weighted by Gasteiger charge is 2.02. The van der Waals surface area contributed by atoms with Crippen molar-refractivity contribution in [3.63, 3.8) is 0 Å². The first-order valence-corrected chi connectivity index (χ1v) is 4.76. The van der Waals surface area contributed by atoms with E-state index in [0.29, 0.717) is 26.4 Å². The van der Waals surface area contributed by atoms with Gasteiger partial charge >= 0.3 is 0 Å². The molecule has 0 aliphatic carbocycles. The Labute approximate surface area is 85.9 Å². The molecule has 4 nitrogen and oxygen atoms in total. The van der Waals surface area contributed by atoms with E-state index in [-0.39, 0.29) is 0 Å². The molecule has 0 fully saturated rings. The summed E-state index contributed by atoms with van der Waals surface area (Å²) >= 11 is 0. The Kier molecular flexibility index (Phi) is 8.87. The average Bonchev–Trinajstić information content (AvgIpc) is 2.12. The second-order valence-electron chi connectivity index (χ2n) is 3.31. The van der Waals surface area contributed by atoms with Gasteiger partial charge in [0.1, 0.15) is 0 Å². The maximum atomic E-state index is 9.40. The van der Waals surface area contributed by atoms with Gasteiger partial charge in [0.25, 0.3) is 0 Å². The molecule has 1 atom stereocenters. The predicted molar refractivity (Wildman–Crippen MR) is 56.4 cm³/mol. The largest absolute Gasteiger partial charge is 0.389 e. The van der Waals surface area contributed by atoms with Crippen LogP contribution in [0.25, 0.3) is 0 Å². The molecule has 0 saturated heterocycles. The van der Waals surface area contributed by atoms with Gasteiger partial charge in [-0.1, -0.05) is 12.2 Å². The van der Waals surface area contributed by atoms with Crippen LogP contribution in [0.4, 0.5) is 0 Å². The standard InChI is InChI=1S/C10H21NO3/c1-9(2)6-11-7-10(12)8-14-5-4-13-3/h10-12H,1,4-8H2,2-3H3. The quantitative estimate of drug-likeness (QED) is 0.414. The molecule has 0 aromatic heterocycles. The van der Waals surface area contributed by atoms with Gasteiger partial charge in [-0.15, -0.1) is 0 Å². The van der Waals surface area contributed by atoms with Crippen molar-refractivity contribution in [2.45, 2.75) is 13.0 Å². The number of aliphatic hydroxyl groups is 1. The van der Waals surface area contributed by atoms with Crippen LogP contribution in [0.3, 0.4) is 0 Å². The molecule has 0 amide bonds. The van der Waals surface area contributed by atoms with Gasteiger partial charge in [0.05, 0.1) is 25.9 Å². The van der Waals surface area contributed by atoms with Gasteiger partial charge in [0.2, 0.25) is 0 Å². The van der Waals surface area contributed by atoms with Crippen LogP contribution in [0.1, 0.15) is 6.92 Å². The van der Waals surface area contributed by atoms with Gasteiger partial charge in [-0.2, -0.15) is 0 Å². The van der Waals surface area contributed by atoms with Crippen molar-refractivity contribution in [2.24, 2.45) is 0 Å². The van der Waals surface area contributed by atoms with Crippen LogP contribution in [0.15, 0.2) is 12.2 Å². The third kappa shape index (κ3) is 9.67. The average molecular weight is 203 g/mol. The van der Waals surface area contributed by atoms with Crippen LogP contribution < -0.4 is 5.32 Å². The lowest BCUT2D eigenvalue weighted by Crippen LogP contribution is -2.31. The zero-order valence-corrected chi connectivity index (χ0v) is 9.08. The number of ether oxygens (including phenoxy) is 2. The van der Waals surface area contributed by atoms with Crippen LogP contribution in [-0.4, -0.2) is 51.2 Å². The van der Waals surface area contributed by atoms with Crippen LogP contribution in [-0.2, 0) is 9.47 Å². The molecule has 84 valence electrons. The minimum atomic E-state index is -0.466. The molecule has 0 aromatic carbocycles. The van der Waals surface area contributed by atoms with Gasteiger partial charge in [-0.05, 0) is 6.92 Å². The molecule has 0 bridgehead atoms. The lowest BCUT2D eigenvalue weighted by Gasteiger charge is -2.12. The fraction of sp³-hybridized carbons (Fsp3) is 0.800. The molecule has 0 heterocycles. The van der Waals surface area contributed by atoms with E-state index in [2.05, 4.69) is 11.9 Å². The molecule has 0 aromatic rings. The maximum Gasteiger partial charge on any atom is 0.0897 e. The summed E-state index contributed by atoms with van der Waals surface area (Å²) in [6.07, 6.45) is -0.466. The summed E-state index contributed by atoms with van der Waals surface area (Å²) in [5.74, 6) is 0. The molecule has 0 spiro atoms. The molecule has 1 unspecified atom stereocenters. The number of nitrogens with one attached hydrogen (secondary N) is 1. The summed E-state index contributed by atoms with van der Waals surface area (Å²) in [6, 6.07) is 0. The zero-order valence-electron chi connectivity index (χ0n) is 9.08. The maximum absolute atomic E-state index is 9.40. The third-order valence-corrected chi connectivity index (χ3v) is 1.55. The van der Waals surface area contributed by atoms with E-state index < -0.39 is 6.10 Å². The Bertz CT molecular complexity index is 150. The van der Waals surface area contributed by atoms with E-state index >= 15 is 0 Å². The fourth-order valence-corrected chi connectivity index (χ4v) is 0.873. The summed E-state index contributed by atoms with van der Waals surface area (Å²) in [6.45, 7) is 8.37. The van der Waals surface area contributed by atoms with Crippen molar-refractivity contribution in [1.29, 1.82) is 0 Å². The molecule has 0 rings (SSSR count). The first kappa shape index (κ1) is 13.6.